The third kappa shape index (κ3) is 1.98. The maximum atomic E-state index is 4.62. The van der Waals surface area contributed by atoms with Crippen molar-refractivity contribution in [1.82, 2.24) is 24.5 Å². The molecular formula is C16H17N5S. The van der Waals surface area contributed by atoms with Gasteiger partial charge in [0.25, 0.3) is 0 Å². The number of aromatic nitrogens is 5. The van der Waals surface area contributed by atoms with Crippen molar-refractivity contribution in [2.24, 2.45) is 0 Å². The van der Waals surface area contributed by atoms with Crippen LogP contribution in [-0.4, -0.2) is 24.5 Å². The lowest BCUT2D eigenvalue weighted by molar-refractivity contribution is 0.619. The van der Waals surface area contributed by atoms with Gasteiger partial charge in [0.15, 0.2) is 5.82 Å². The number of para-hydroxylation sites is 1. The van der Waals surface area contributed by atoms with Gasteiger partial charge in [0.2, 0.25) is 0 Å². The summed E-state index contributed by atoms with van der Waals surface area (Å²) in [5, 5.41) is 13.4. The lowest BCUT2D eigenvalue weighted by atomic mass is 10.2. The molecule has 5 nitrogen and oxygen atoms in total. The fourth-order valence-corrected chi connectivity index (χ4v) is 3.76. The quantitative estimate of drug-likeness (QED) is 0.730. The zero-order valence-corrected chi connectivity index (χ0v) is 13.7. The summed E-state index contributed by atoms with van der Waals surface area (Å²) >= 11 is 1.81. The first kappa shape index (κ1) is 13.6. The second-order valence-corrected chi connectivity index (χ2v) is 6.59. The van der Waals surface area contributed by atoms with Crippen molar-refractivity contribution in [2.75, 3.05) is 0 Å². The van der Waals surface area contributed by atoms with Gasteiger partial charge < -0.3 is 0 Å². The van der Waals surface area contributed by atoms with Gasteiger partial charge in [-0.15, -0.1) is 22.0 Å². The number of hydrogen-bond acceptors (Lipinski definition) is 4. The van der Waals surface area contributed by atoms with Crippen molar-refractivity contribution >= 4 is 11.8 Å². The molecule has 0 amide bonds. The van der Waals surface area contributed by atoms with Crippen LogP contribution in [0.3, 0.4) is 0 Å². The van der Waals surface area contributed by atoms with E-state index in [9.17, 15) is 0 Å². The largest absolute Gasteiger partial charge is 0.280 e. The van der Waals surface area contributed by atoms with E-state index in [0.29, 0.717) is 6.54 Å². The number of nitrogens with zero attached hydrogens (tertiary/aromatic N) is 5. The van der Waals surface area contributed by atoms with Crippen LogP contribution in [0.2, 0.25) is 0 Å². The summed E-state index contributed by atoms with van der Waals surface area (Å²) in [6.07, 6.45) is 0. The van der Waals surface area contributed by atoms with Crippen LogP contribution in [0, 0.1) is 20.8 Å². The highest BCUT2D eigenvalue weighted by molar-refractivity contribution is 7.98. The molecule has 0 unspecified atom stereocenters. The summed E-state index contributed by atoms with van der Waals surface area (Å²) < 4.78 is 4.20. The van der Waals surface area contributed by atoms with E-state index in [1.165, 1.54) is 21.8 Å². The van der Waals surface area contributed by atoms with E-state index in [0.717, 1.165) is 23.1 Å². The van der Waals surface area contributed by atoms with E-state index < -0.39 is 0 Å². The second kappa shape index (κ2) is 4.98. The monoisotopic (exact) mass is 311 g/mol. The first-order chi connectivity index (χ1) is 10.6. The molecule has 1 aliphatic rings. The van der Waals surface area contributed by atoms with Crippen LogP contribution in [0.25, 0.3) is 5.69 Å². The topological polar surface area (TPSA) is 48.5 Å². The number of fused-ring (bicyclic) bond motifs is 3. The second-order valence-electron chi connectivity index (χ2n) is 5.58. The van der Waals surface area contributed by atoms with Gasteiger partial charge in [-0.3, -0.25) is 9.25 Å². The molecule has 0 radical (unpaired) electrons. The summed E-state index contributed by atoms with van der Waals surface area (Å²) in [5.41, 5.74) is 4.68. The number of aryl methyl sites for hydroxylation is 1. The van der Waals surface area contributed by atoms with E-state index in [1.54, 1.807) is 0 Å². The SMILES string of the molecule is Cc1nn(Cc2nnc3n2-c2ccccc2SC3)c(C)c1C. The highest BCUT2D eigenvalue weighted by Crippen LogP contribution is 2.34. The molecule has 22 heavy (non-hydrogen) atoms. The zero-order chi connectivity index (χ0) is 15.3. The summed E-state index contributed by atoms with van der Waals surface area (Å²) in [4.78, 5) is 1.28. The Labute approximate surface area is 133 Å². The van der Waals surface area contributed by atoms with Gasteiger partial charge in [0, 0.05) is 10.6 Å². The van der Waals surface area contributed by atoms with Gasteiger partial charge in [0.05, 0.1) is 17.1 Å². The van der Waals surface area contributed by atoms with Gasteiger partial charge in [-0.05, 0) is 38.5 Å². The predicted octanol–water partition coefficient (Wildman–Crippen LogP) is 3.04. The van der Waals surface area contributed by atoms with E-state index in [-0.39, 0.29) is 0 Å². The van der Waals surface area contributed by atoms with Crippen molar-refractivity contribution in [3.63, 3.8) is 0 Å². The summed E-state index contributed by atoms with van der Waals surface area (Å²) in [6, 6.07) is 8.42. The maximum absolute atomic E-state index is 4.62. The van der Waals surface area contributed by atoms with Gasteiger partial charge in [0.1, 0.15) is 12.4 Å². The average molecular weight is 311 g/mol. The molecule has 0 saturated heterocycles. The summed E-state index contributed by atoms with van der Waals surface area (Å²) in [6.45, 7) is 6.91. The lowest BCUT2D eigenvalue weighted by Gasteiger charge is -2.18. The Balaban J connectivity index is 1.80. The molecule has 0 fully saturated rings. The minimum absolute atomic E-state index is 0.645. The zero-order valence-electron chi connectivity index (χ0n) is 12.9. The van der Waals surface area contributed by atoms with Crippen LogP contribution in [0.4, 0.5) is 0 Å². The molecule has 4 rings (SSSR count). The molecule has 1 aromatic carbocycles. The van der Waals surface area contributed by atoms with Crippen LogP contribution < -0.4 is 0 Å². The summed E-state index contributed by atoms with van der Waals surface area (Å²) in [5.74, 6) is 2.81. The van der Waals surface area contributed by atoms with E-state index in [2.05, 4.69) is 58.0 Å². The Kier molecular flexibility index (Phi) is 3.07. The van der Waals surface area contributed by atoms with Gasteiger partial charge in [-0.25, -0.2) is 0 Å². The molecule has 3 heterocycles. The van der Waals surface area contributed by atoms with E-state index >= 15 is 0 Å². The molecule has 2 aromatic heterocycles. The number of thioether (sulfide) groups is 1. The third-order valence-electron chi connectivity index (χ3n) is 4.29. The minimum Gasteiger partial charge on any atom is -0.280 e. The molecule has 0 aliphatic carbocycles. The highest BCUT2D eigenvalue weighted by atomic mass is 32.2. The van der Waals surface area contributed by atoms with Crippen molar-refractivity contribution in [2.45, 2.75) is 38.0 Å². The van der Waals surface area contributed by atoms with Crippen LogP contribution in [-0.2, 0) is 12.3 Å². The Morgan fingerprint density at radius 3 is 2.73 bits per heavy atom. The molecule has 0 atom stereocenters. The maximum Gasteiger partial charge on any atom is 0.159 e. The predicted molar refractivity (Wildman–Crippen MR) is 86.5 cm³/mol. The first-order valence-corrected chi connectivity index (χ1v) is 8.29. The molecule has 6 heteroatoms. The average Bonchev–Trinajstić information content (AvgIpc) is 3.05. The first-order valence-electron chi connectivity index (χ1n) is 7.31. The van der Waals surface area contributed by atoms with Crippen LogP contribution in [0.5, 0.6) is 0 Å². The number of rotatable bonds is 2. The van der Waals surface area contributed by atoms with E-state index in [1.807, 2.05) is 23.4 Å². The molecule has 0 spiro atoms. The minimum atomic E-state index is 0.645. The Morgan fingerprint density at radius 2 is 1.95 bits per heavy atom. The fourth-order valence-electron chi connectivity index (χ4n) is 2.81. The molecule has 3 aromatic rings. The lowest BCUT2D eigenvalue weighted by Crippen LogP contribution is -2.14. The van der Waals surface area contributed by atoms with Crippen molar-refractivity contribution < 1.29 is 0 Å². The van der Waals surface area contributed by atoms with Gasteiger partial charge in [-0.2, -0.15) is 5.10 Å². The molecule has 1 aliphatic heterocycles. The van der Waals surface area contributed by atoms with Crippen LogP contribution >= 0.6 is 11.8 Å². The molecule has 0 bridgehead atoms. The highest BCUT2D eigenvalue weighted by Gasteiger charge is 2.22. The molecule has 112 valence electrons. The smallest absolute Gasteiger partial charge is 0.159 e. The Bertz CT molecular complexity index is 862. The molecule has 0 N–H and O–H groups in total. The van der Waals surface area contributed by atoms with Crippen molar-refractivity contribution in [3.05, 3.63) is 52.9 Å². The molecular weight excluding hydrogens is 294 g/mol. The van der Waals surface area contributed by atoms with Crippen LogP contribution in [0.1, 0.15) is 28.6 Å². The van der Waals surface area contributed by atoms with Crippen LogP contribution in [0.15, 0.2) is 29.2 Å². The Hall–Kier alpha value is -2.08. The Morgan fingerprint density at radius 1 is 1.14 bits per heavy atom. The third-order valence-corrected chi connectivity index (χ3v) is 5.35. The number of hydrogen-bond donors (Lipinski definition) is 0. The van der Waals surface area contributed by atoms with Crippen molar-refractivity contribution in [3.8, 4) is 5.69 Å². The van der Waals surface area contributed by atoms with Gasteiger partial charge >= 0.3 is 0 Å². The molecule has 0 saturated carbocycles. The normalized spacial score (nSPS) is 13.0. The van der Waals surface area contributed by atoms with Gasteiger partial charge in [-0.1, -0.05) is 12.1 Å². The van der Waals surface area contributed by atoms with Crippen molar-refractivity contribution in [1.29, 1.82) is 0 Å². The van der Waals surface area contributed by atoms with E-state index in [4.69, 9.17) is 0 Å². The fraction of sp³-hybridized carbons (Fsp3) is 0.312. The standard InChI is InChI=1S/C16H17N5S/c1-10-11(2)19-20(12(10)3)8-15-17-18-16-9-22-14-7-5-4-6-13(14)21(15)16/h4-7H,8-9H2,1-3H3. The summed E-state index contributed by atoms with van der Waals surface area (Å²) in [7, 11) is 0. The number of benzene rings is 1.